The van der Waals surface area contributed by atoms with E-state index < -0.39 is 5.60 Å². The van der Waals surface area contributed by atoms with Gasteiger partial charge >= 0.3 is 6.03 Å². The first-order valence-electron chi connectivity index (χ1n) is 6.92. The second kappa shape index (κ2) is 6.13. The number of para-hydroxylation sites is 2. The smallest absolute Gasteiger partial charge is 0.321 e. The van der Waals surface area contributed by atoms with Crippen LogP contribution in [0.25, 0.3) is 0 Å². The van der Waals surface area contributed by atoms with Gasteiger partial charge in [-0.15, -0.1) is 0 Å². The molecule has 1 saturated carbocycles. The molecule has 2 amide bonds. The second-order valence-corrected chi connectivity index (χ2v) is 5.42. The first kappa shape index (κ1) is 14.7. The Hall–Kier alpha value is -1.75. The molecule has 1 fully saturated rings. The van der Waals surface area contributed by atoms with Crippen LogP contribution in [0, 0.1) is 0 Å². The Labute approximate surface area is 119 Å². The van der Waals surface area contributed by atoms with E-state index in [4.69, 9.17) is 4.74 Å². The summed E-state index contributed by atoms with van der Waals surface area (Å²) >= 11 is 0. The van der Waals surface area contributed by atoms with E-state index in [9.17, 15) is 9.90 Å². The van der Waals surface area contributed by atoms with Crippen LogP contribution >= 0.6 is 0 Å². The zero-order chi connectivity index (χ0) is 14.6. The molecule has 20 heavy (non-hydrogen) atoms. The number of hydrogen-bond acceptors (Lipinski definition) is 3. The van der Waals surface area contributed by atoms with Gasteiger partial charge in [-0.25, -0.2) is 4.79 Å². The molecular weight excluding hydrogens is 256 g/mol. The minimum Gasteiger partial charge on any atom is -0.495 e. The van der Waals surface area contributed by atoms with E-state index >= 15 is 0 Å². The molecule has 2 rings (SSSR count). The number of nitrogens with one attached hydrogen (secondary N) is 1. The maximum Gasteiger partial charge on any atom is 0.321 e. The van der Waals surface area contributed by atoms with E-state index in [1.807, 2.05) is 12.1 Å². The molecule has 0 spiro atoms. The van der Waals surface area contributed by atoms with Gasteiger partial charge in [0.1, 0.15) is 5.75 Å². The molecule has 0 aromatic heterocycles. The molecule has 0 radical (unpaired) electrons. The van der Waals surface area contributed by atoms with Gasteiger partial charge in [0.25, 0.3) is 0 Å². The molecule has 1 aliphatic rings. The predicted octanol–water partition coefficient (Wildman–Crippen LogP) is 2.46. The van der Waals surface area contributed by atoms with Gasteiger partial charge in [-0.1, -0.05) is 25.0 Å². The van der Waals surface area contributed by atoms with Crippen LogP contribution in [-0.4, -0.2) is 42.3 Å². The minimum atomic E-state index is -0.729. The number of likely N-dealkylation sites (N-methyl/N-ethyl adjacent to an activating group) is 1. The van der Waals surface area contributed by atoms with Gasteiger partial charge in [-0.05, 0) is 25.0 Å². The lowest BCUT2D eigenvalue weighted by atomic mass is 10.0. The number of carbonyl (C=O) groups is 1. The van der Waals surface area contributed by atoms with Crippen molar-refractivity contribution < 1.29 is 14.6 Å². The van der Waals surface area contributed by atoms with Crippen LogP contribution in [0.15, 0.2) is 24.3 Å². The number of rotatable bonds is 4. The minimum absolute atomic E-state index is 0.241. The highest BCUT2D eigenvalue weighted by atomic mass is 16.5. The Kier molecular flexibility index (Phi) is 4.49. The third-order valence-corrected chi connectivity index (χ3v) is 3.76. The molecule has 0 aliphatic heterocycles. The van der Waals surface area contributed by atoms with E-state index in [0.29, 0.717) is 18.0 Å². The Morgan fingerprint density at radius 2 is 2.05 bits per heavy atom. The van der Waals surface area contributed by atoms with Crippen molar-refractivity contribution >= 4 is 11.7 Å². The van der Waals surface area contributed by atoms with Gasteiger partial charge in [-0.2, -0.15) is 0 Å². The Balaban J connectivity index is 1.97. The summed E-state index contributed by atoms with van der Waals surface area (Å²) in [4.78, 5) is 13.7. The number of ether oxygens (including phenoxy) is 1. The van der Waals surface area contributed by atoms with Gasteiger partial charge in [0.2, 0.25) is 0 Å². The third-order valence-electron chi connectivity index (χ3n) is 3.76. The highest BCUT2D eigenvalue weighted by molar-refractivity contribution is 5.90. The third kappa shape index (κ3) is 3.42. The first-order chi connectivity index (χ1) is 9.54. The first-order valence-corrected chi connectivity index (χ1v) is 6.92. The number of hydrogen-bond donors (Lipinski definition) is 2. The molecular formula is C15H22N2O3. The molecule has 2 N–H and O–H groups in total. The zero-order valence-corrected chi connectivity index (χ0v) is 12.1. The van der Waals surface area contributed by atoms with Crippen LogP contribution in [0.2, 0.25) is 0 Å². The highest BCUT2D eigenvalue weighted by Gasteiger charge is 2.33. The molecule has 5 nitrogen and oxygen atoms in total. The lowest BCUT2D eigenvalue weighted by Gasteiger charge is -2.28. The highest BCUT2D eigenvalue weighted by Crippen LogP contribution is 2.30. The number of benzene rings is 1. The predicted molar refractivity (Wildman–Crippen MR) is 78.1 cm³/mol. The van der Waals surface area contributed by atoms with Gasteiger partial charge in [-0.3, -0.25) is 0 Å². The van der Waals surface area contributed by atoms with E-state index in [1.165, 1.54) is 4.90 Å². The molecule has 0 atom stereocenters. The number of nitrogens with zero attached hydrogens (tertiary/aromatic N) is 1. The average molecular weight is 278 g/mol. The van der Waals surface area contributed by atoms with Crippen molar-refractivity contribution in [2.75, 3.05) is 26.0 Å². The number of anilines is 1. The largest absolute Gasteiger partial charge is 0.495 e. The van der Waals surface area contributed by atoms with Crippen molar-refractivity contribution in [3.63, 3.8) is 0 Å². The molecule has 0 saturated heterocycles. The van der Waals surface area contributed by atoms with Gasteiger partial charge in [0, 0.05) is 7.05 Å². The number of methoxy groups -OCH3 is 1. The number of amides is 2. The topological polar surface area (TPSA) is 61.8 Å². The van der Waals surface area contributed by atoms with Crippen LogP contribution in [0.4, 0.5) is 10.5 Å². The molecule has 110 valence electrons. The normalized spacial score (nSPS) is 16.8. The van der Waals surface area contributed by atoms with Crippen LogP contribution in [0.5, 0.6) is 5.75 Å². The maximum absolute atomic E-state index is 12.2. The molecule has 1 aromatic carbocycles. The quantitative estimate of drug-likeness (QED) is 0.889. The van der Waals surface area contributed by atoms with Crippen LogP contribution in [0.3, 0.4) is 0 Å². The number of urea groups is 1. The Bertz CT molecular complexity index is 470. The lowest BCUT2D eigenvalue weighted by Crippen LogP contribution is -2.43. The number of carbonyl (C=O) groups excluding carboxylic acids is 1. The fraction of sp³-hybridized carbons (Fsp3) is 0.533. The summed E-state index contributed by atoms with van der Waals surface area (Å²) < 4.78 is 5.20. The summed E-state index contributed by atoms with van der Waals surface area (Å²) in [6.07, 6.45) is 3.58. The summed E-state index contributed by atoms with van der Waals surface area (Å²) in [7, 11) is 3.26. The van der Waals surface area contributed by atoms with Gasteiger partial charge in [0.05, 0.1) is 24.9 Å². The van der Waals surface area contributed by atoms with Gasteiger partial charge < -0.3 is 20.1 Å². The number of aliphatic hydroxyl groups is 1. The molecule has 1 aliphatic carbocycles. The van der Waals surface area contributed by atoms with Crippen molar-refractivity contribution in [1.82, 2.24) is 4.90 Å². The fourth-order valence-electron chi connectivity index (χ4n) is 2.66. The van der Waals surface area contributed by atoms with Crippen molar-refractivity contribution in [2.45, 2.75) is 31.3 Å². The van der Waals surface area contributed by atoms with E-state index in [0.717, 1.165) is 25.7 Å². The zero-order valence-electron chi connectivity index (χ0n) is 12.1. The Morgan fingerprint density at radius 1 is 1.40 bits per heavy atom. The van der Waals surface area contributed by atoms with E-state index in [2.05, 4.69) is 5.32 Å². The van der Waals surface area contributed by atoms with E-state index in [-0.39, 0.29) is 6.03 Å². The summed E-state index contributed by atoms with van der Waals surface area (Å²) in [5.74, 6) is 0.619. The standard InChI is InChI=1S/C15H22N2O3/c1-17(11-15(19)9-5-6-10-15)14(18)16-12-7-3-4-8-13(12)20-2/h3-4,7-8,19H,5-6,9-11H2,1-2H3,(H,16,18). The Morgan fingerprint density at radius 3 is 2.70 bits per heavy atom. The summed E-state index contributed by atoms with van der Waals surface area (Å²) in [5, 5.41) is 13.1. The molecule has 5 heteroatoms. The SMILES string of the molecule is COc1ccccc1NC(=O)N(C)CC1(O)CCCC1. The van der Waals surface area contributed by atoms with Crippen molar-refractivity contribution in [2.24, 2.45) is 0 Å². The molecule has 0 bridgehead atoms. The lowest BCUT2D eigenvalue weighted by molar-refractivity contribution is 0.0261. The summed E-state index contributed by atoms with van der Waals surface area (Å²) in [6.45, 7) is 0.355. The average Bonchev–Trinajstić information content (AvgIpc) is 2.85. The molecule has 0 unspecified atom stereocenters. The molecule has 1 aromatic rings. The van der Waals surface area contributed by atoms with Crippen LogP contribution in [0.1, 0.15) is 25.7 Å². The summed E-state index contributed by atoms with van der Waals surface area (Å²) in [6, 6.07) is 7.02. The fourth-order valence-corrected chi connectivity index (χ4v) is 2.66. The van der Waals surface area contributed by atoms with E-state index in [1.54, 1.807) is 26.3 Å². The van der Waals surface area contributed by atoms with Crippen molar-refractivity contribution in [3.8, 4) is 5.75 Å². The molecule has 0 heterocycles. The van der Waals surface area contributed by atoms with Crippen molar-refractivity contribution in [1.29, 1.82) is 0 Å². The summed E-state index contributed by atoms with van der Waals surface area (Å²) in [5.41, 5.74) is -0.0994. The van der Waals surface area contributed by atoms with Crippen LogP contribution < -0.4 is 10.1 Å². The van der Waals surface area contributed by atoms with Crippen molar-refractivity contribution in [3.05, 3.63) is 24.3 Å². The second-order valence-electron chi connectivity index (χ2n) is 5.42. The maximum atomic E-state index is 12.2. The van der Waals surface area contributed by atoms with Crippen LogP contribution in [-0.2, 0) is 0 Å². The van der Waals surface area contributed by atoms with Gasteiger partial charge in [0.15, 0.2) is 0 Å². The monoisotopic (exact) mass is 278 g/mol.